The van der Waals surface area contributed by atoms with Crippen molar-refractivity contribution in [3.63, 3.8) is 0 Å². The number of aliphatic hydroxyl groups is 1. The molecule has 1 heterocycles. The van der Waals surface area contributed by atoms with Gasteiger partial charge >= 0.3 is 15.2 Å². The van der Waals surface area contributed by atoms with Crippen LogP contribution in [-0.4, -0.2) is 42.3 Å². The van der Waals surface area contributed by atoms with E-state index in [0.29, 0.717) is 13.0 Å². The van der Waals surface area contributed by atoms with Crippen molar-refractivity contribution in [3.8, 4) is 0 Å². The van der Waals surface area contributed by atoms with E-state index in [1.165, 1.54) is 6.92 Å². The minimum absolute atomic E-state index is 0.503. The lowest BCUT2D eigenvalue weighted by Gasteiger charge is -2.40. The highest BCUT2D eigenvalue weighted by Crippen LogP contribution is 2.71. The molecule has 1 fully saturated rings. The highest BCUT2D eigenvalue weighted by atomic mass is 31.2. The molecule has 0 spiro atoms. The van der Waals surface area contributed by atoms with Gasteiger partial charge in [0.2, 0.25) is 0 Å². The van der Waals surface area contributed by atoms with E-state index in [9.17, 15) is 14.2 Å². The van der Waals surface area contributed by atoms with Gasteiger partial charge in [0, 0.05) is 12.0 Å². The third-order valence-electron chi connectivity index (χ3n) is 3.42. The molecule has 0 aliphatic carbocycles. The first kappa shape index (κ1) is 16.3. The Morgan fingerprint density at radius 1 is 1.17 bits per heavy atom. The Balaban J connectivity index is 3.12. The first-order valence-electron chi connectivity index (χ1n) is 5.59. The predicted molar refractivity (Wildman–Crippen MR) is 63.8 cm³/mol. The molecule has 0 aromatic heterocycles. The summed E-state index contributed by atoms with van der Waals surface area (Å²) in [4.78, 5) is 36.5. The van der Waals surface area contributed by atoms with Crippen molar-refractivity contribution in [2.75, 3.05) is 6.54 Å². The Kier molecular flexibility index (Phi) is 4.80. The fourth-order valence-corrected chi connectivity index (χ4v) is 5.05. The van der Waals surface area contributed by atoms with Gasteiger partial charge in [-0.05, 0) is 19.4 Å². The van der Waals surface area contributed by atoms with Gasteiger partial charge in [-0.2, -0.15) is 0 Å². The number of piperidine rings is 1. The zero-order valence-corrected chi connectivity index (χ0v) is 11.7. The molecule has 0 saturated carbocycles. The predicted octanol–water partition coefficient (Wildman–Crippen LogP) is -0.234. The fourth-order valence-electron chi connectivity index (χ4n) is 2.28. The second-order valence-corrected chi connectivity index (χ2v) is 8.51. The van der Waals surface area contributed by atoms with Crippen LogP contribution in [0, 0.1) is 5.92 Å². The van der Waals surface area contributed by atoms with Gasteiger partial charge in [0.1, 0.15) is 0 Å². The van der Waals surface area contributed by atoms with E-state index < -0.39 is 32.2 Å². The van der Waals surface area contributed by atoms with E-state index in [1.54, 1.807) is 0 Å². The topological polar surface area (TPSA) is 147 Å². The van der Waals surface area contributed by atoms with Crippen LogP contribution in [0.3, 0.4) is 0 Å². The van der Waals surface area contributed by atoms with E-state index in [4.69, 9.17) is 19.6 Å². The summed E-state index contributed by atoms with van der Waals surface area (Å²) in [6.07, 6.45) is 2.16. The molecule has 1 aliphatic rings. The average molecular weight is 303 g/mol. The summed E-state index contributed by atoms with van der Waals surface area (Å²) >= 11 is 0. The molecule has 0 aromatic carbocycles. The smallest absolute Gasteiger partial charge is 0.367 e. The molecule has 1 rings (SSSR count). The normalized spacial score (nSPS) is 24.9. The van der Waals surface area contributed by atoms with Crippen molar-refractivity contribution >= 4 is 15.2 Å². The van der Waals surface area contributed by atoms with E-state index in [2.05, 4.69) is 5.32 Å². The second-order valence-electron chi connectivity index (χ2n) is 4.62. The molecule has 0 bridgehead atoms. The van der Waals surface area contributed by atoms with Crippen molar-refractivity contribution in [2.24, 2.45) is 5.92 Å². The molecular formula is C8H19NO7P2. The maximum atomic E-state index is 11.3. The molecule has 0 radical (unpaired) electrons. The third kappa shape index (κ3) is 2.86. The standard InChI is InChI=1S/C8H19NO7P2/c1-6(7-4-2-3-5-9-7)8(10,17(11,12)13)18(14,15)16/h6-7,9-10H,2-5H2,1H3,(H2,11,12,13)(H2,14,15,16). The van der Waals surface area contributed by atoms with Crippen LogP contribution in [0.15, 0.2) is 0 Å². The van der Waals surface area contributed by atoms with E-state index >= 15 is 0 Å². The lowest BCUT2D eigenvalue weighted by molar-refractivity contribution is 0.0625. The van der Waals surface area contributed by atoms with Crippen LogP contribution in [0.2, 0.25) is 0 Å². The van der Waals surface area contributed by atoms with Crippen LogP contribution in [0.1, 0.15) is 26.2 Å². The first-order valence-corrected chi connectivity index (χ1v) is 8.81. The Labute approximate surface area is 105 Å². The van der Waals surface area contributed by atoms with E-state index in [0.717, 1.165) is 12.8 Å². The van der Waals surface area contributed by atoms with Crippen molar-refractivity contribution in [2.45, 2.75) is 37.3 Å². The van der Waals surface area contributed by atoms with Crippen molar-refractivity contribution in [1.82, 2.24) is 5.32 Å². The zero-order valence-electron chi connectivity index (χ0n) is 9.93. The van der Waals surface area contributed by atoms with Gasteiger partial charge in [0.25, 0.3) is 5.08 Å². The minimum atomic E-state index is -5.38. The van der Waals surface area contributed by atoms with Gasteiger partial charge in [-0.1, -0.05) is 13.3 Å². The van der Waals surface area contributed by atoms with Crippen LogP contribution in [0.25, 0.3) is 0 Å². The monoisotopic (exact) mass is 303 g/mol. The highest BCUT2D eigenvalue weighted by molar-refractivity contribution is 7.72. The minimum Gasteiger partial charge on any atom is -0.367 e. The summed E-state index contributed by atoms with van der Waals surface area (Å²) in [5.74, 6) is -1.26. The molecule has 18 heavy (non-hydrogen) atoms. The molecule has 8 nitrogen and oxygen atoms in total. The van der Waals surface area contributed by atoms with E-state index in [1.807, 2.05) is 0 Å². The molecular weight excluding hydrogens is 284 g/mol. The average Bonchev–Trinajstić information content (AvgIpc) is 2.25. The maximum absolute atomic E-state index is 11.3. The summed E-state index contributed by atoms with van der Waals surface area (Å²) in [6, 6.07) is -0.538. The van der Waals surface area contributed by atoms with Crippen LogP contribution in [0.4, 0.5) is 0 Å². The summed E-state index contributed by atoms with van der Waals surface area (Å²) in [5, 5.41) is 9.52. The molecule has 1 aliphatic heterocycles. The fraction of sp³-hybridized carbons (Fsp3) is 1.00. The Morgan fingerprint density at radius 3 is 2.00 bits per heavy atom. The lowest BCUT2D eigenvalue weighted by atomic mass is 9.94. The highest BCUT2D eigenvalue weighted by Gasteiger charge is 2.64. The SMILES string of the molecule is CC(C1CCCCN1)C(O)(P(=O)(O)O)P(=O)(O)O. The quantitative estimate of drug-likeness (QED) is 0.390. The number of nitrogens with one attached hydrogen (secondary N) is 1. The molecule has 0 aromatic rings. The van der Waals surface area contributed by atoms with Gasteiger partial charge in [-0.15, -0.1) is 0 Å². The largest absolute Gasteiger partial charge is 0.369 e. The number of hydrogen-bond acceptors (Lipinski definition) is 4. The van der Waals surface area contributed by atoms with Gasteiger partial charge in [0.15, 0.2) is 0 Å². The zero-order chi connectivity index (χ0) is 14.2. The van der Waals surface area contributed by atoms with Gasteiger partial charge in [-0.3, -0.25) is 9.13 Å². The molecule has 0 amide bonds. The molecule has 2 atom stereocenters. The summed E-state index contributed by atoms with van der Waals surface area (Å²) in [6.45, 7) is 1.83. The maximum Gasteiger partial charge on any atom is 0.369 e. The van der Waals surface area contributed by atoms with Crippen molar-refractivity contribution < 1.29 is 33.8 Å². The van der Waals surface area contributed by atoms with Gasteiger partial charge < -0.3 is 30.0 Å². The van der Waals surface area contributed by atoms with Crippen LogP contribution >= 0.6 is 15.2 Å². The third-order valence-corrected chi connectivity index (χ3v) is 7.51. The van der Waals surface area contributed by atoms with E-state index in [-0.39, 0.29) is 0 Å². The van der Waals surface area contributed by atoms with Crippen LogP contribution in [-0.2, 0) is 9.13 Å². The Morgan fingerprint density at radius 2 is 1.67 bits per heavy atom. The van der Waals surface area contributed by atoms with Gasteiger partial charge in [0.05, 0.1) is 0 Å². The Bertz CT molecular complexity index is 361. The summed E-state index contributed by atoms with van der Waals surface area (Å²) in [7, 11) is -10.8. The second kappa shape index (κ2) is 5.31. The van der Waals surface area contributed by atoms with Crippen molar-refractivity contribution in [3.05, 3.63) is 0 Å². The molecule has 6 N–H and O–H groups in total. The van der Waals surface area contributed by atoms with Crippen molar-refractivity contribution in [1.29, 1.82) is 0 Å². The van der Waals surface area contributed by atoms with Crippen LogP contribution < -0.4 is 5.32 Å². The molecule has 2 unspecified atom stereocenters. The molecule has 10 heteroatoms. The number of hydrogen-bond donors (Lipinski definition) is 6. The summed E-state index contributed by atoms with van der Waals surface area (Å²) in [5.41, 5.74) is 0. The Hall–Kier alpha value is 0.220. The lowest BCUT2D eigenvalue weighted by Crippen LogP contribution is -2.49. The molecule has 1 saturated heterocycles. The van der Waals surface area contributed by atoms with Gasteiger partial charge in [-0.25, -0.2) is 0 Å². The number of rotatable bonds is 4. The molecule has 108 valence electrons. The van der Waals surface area contributed by atoms with Crippen LogP contribution in [0.5, 0.6) is 0 Å². The summed E-state index contributed by atoms with van der Waals surface area (Å²) < 4.78 is 22.6. The first-order chi connectivity index (χ1) is 8.02.